The van der Waals surface area contributed by atoms with Crippen LogP contribution in [0.3, 0.4) is 0 Å². The highest BCUT2D eigenvalue weighted by molar-refractivity contribution is 6.12. The third kappa shape index (κ3) is 5.81. The van der Waals surface area contributed by atoms with Gasteiger partial charge in [0.05, 0.1) is 33.5 Å². The van der Waals surface area contributed by atoms with Crippen LogP contribution in [0.4, 0.5) is 65.9 Å². The minimum absolute atomic E-state index is 0.0852. The number of alkyl halides is 15. The van der Waals surface area contributed by atoms with Crippen molar-refractivity contribution in [1.82, 2.24) is 9.78 Å². The molecule has 2 aromatic carbocycles. The summed E-state index contributed by atoms with van der Waals surface area (Å²) in [4.78, 5) is 12.8. The summed E-state index contributed by atoms with van der Waals surface area (Å²) in [5.41, 5.74) is -17.4. The van der Waals surface area contributed by atoms with Gasteiger partial charge in [0.25, 0.3) is 0 Å². The summed E-state index contributed by atoms with van der Waals surface area (Å²) in [6.07, 6.45) is -28.3. The summed E-state index contributed by atoms with van der Waals surface area (Å²) in [5.74, 6) is -4.97. The van der Waals surface area contributed by atoms with Gasteiger partial charge in [0.1, 0.15) is 0 Å². The molecule has 0 radical (unpaired) electrons. The van der Waals surface area contributed by atoms with Gasteiger partial charge in [0.15, 0.2) is 11.5 Å². The lowest BCUT2D eigenvalue weighted by Gasteiger charge is -2.19. The third-order valence-corrected chi connectivity index (χ3v) is 5.09. The van der Waals surface area contributed by atoms with Crippen molar-refractivity contribution in [2.24, 2.45) is 0 Å². The van der Waals surface area contributed by atoms with Crippen LogP contribution in [0, 0.1) is 0 Å². The fourth-order valence-electron chi connectivity index (χ4n) is 3.38. The number of carbonyl (C=O) groups excluding carboxylic acids is 1. The average molecular weight is 603 g/mol. The molecule has 218 valence electrons. The normalized spacial score (nSPS) is 13.6. The monoisotopic (exact) mass is 603 g/mol. The zero-order valence-corrected chi connectivity index (χ0v) is 18.3. The van der Waals surface area contributed by atoms with E-state index in [1.807, 2.05) is 0 Å². The highest BCUT2D eigenvalue weighted by atomic mass is 19.4. The van der Waals surface area contributed by atoms with Crippen LogP contribution >= 0.6 is 0 Å². The molecule has 0 aliphatic carbocycles. The van der Waals surface area contributed by atoms with Crippen LogP contribution in [0.1, 0.15) is 43.9 Å². The fraction of sp³-hybridized carbons (Fsp3) is 0.238. The smallest absolute Gasteiger partial charge is 0.435 e. The molecule has 3 rings (SSSR count). The van der Waals surface area contributed by atoms with E-state index in [0.717, 1.165) is 0 Å². The molecule has 0 spiro atoms. The quantitative estimate of drug-likeness (QED) is 0.234. The summed E-state index contributed by atoms with van der Waals surface area (Å²) < 4.78 is 198. The maximum atomic E-state index is 13.6. The Bertz CT molecular complexity index is 1460. The zero-order chi connectivity index (χ0) is 30.8. The van der Waals surface area contributed by atoms with E-state index in [1.54, 1.807) is 0 Å². The predicted molar refractivity (Wildman–Crippen MR) is 97.9 cm³/mol. The number of hydrogen-bond acceptors (Lipinski definition) is 3. The van der Waals surface area contributed by atoms with Crippen molar-refractivity contribution in [3.05, 3.63) is 75.5 Å². The molecule has 0 amide bonds. The first-order chi connectivity index (χ1) is 17.8. The molecule has 0 saturated carbocycles. The van der Waals surface area contributed by atoms with Crippen molar-refractivity contribution in [2.45, 2.75) is 30.9 Å². The molecule has 3 aromatic rings. The summed E-state index contributed by atoms with van der Waals surface area (Å²) in [7, 11) is 0. The second kappa shape index (κ2) is 9.33. The van der Waals surface area contributed by atoms with E-state index < -0.39 is 104 Å². The van der Waals surface area contributed by atoms with Crippen LogP contribution in [0.15, 0.2) is 36.4 Å². The zero-order valence-electron chi connectivity index (χ0n) is 18.3. The first kappa shape index (κ1) is 30.6. The Kier molecular flexibility index (Phi) is 7.14. The number of benzene rings is 2. The van der Waals surface area contributed by atoms with Gasteiger partial charge in [-0.1, -0.05) is 0 Å². The number of aromatic nitrogens is 2. The Morgan fingerprint density at radius 2 is 1.07 bits per heavy atom. The molecule has 19 heteroatoms. The van der Waals surface area contributed by atoms with Gasteiger partial charge in [0.2, 0.25) is 0 Å². The lowest BCUT2D eigenvalue weighted by molar-refractivity contribution is -0.278. The highest BCUT2D eigenvalue weighted by Gasteiger charge is 2.45. The first-order valence-corrected chi connectivity index (χ1v) is 9.84. The van der Waals surface area contributed by atoms with Crippen LogP contribution in [-0.4, -0.2) is 15.6 Å². The average Bonchev–Trinajstić information content (AvgIpc) is 3.12. The lowest BCUT2D eigenvalue weighted by atomic mass is 9.95. The minimum Gasteiger partial charge on any atom is -0.858 e. The van der Waals surface area contributed by atoms with Gasteiger partial charge in [-0.15, -0.1) is 0 Å². The Morgan fingerprint density at radius 3 is 1.50 bits per heavy atom. The van der Waals surface area contributed by atoms with Gasteiger partial charge in [-0.25, -0.2) is 4.68 Å². The van der Waals surface area contributed by atoms with Crippen LogP contribution in [-0.2, 0) is 30.9 Å². The number of ketones is 1. The molecule has 0 N–H and O–H groups in total. The molecule has 0 atom stereocenters. The van der Waals surface area contributed by atoms with Crippen molar-refractivity contribution >= 4 is 5.78 Å². The molecule has 40 heavy (non-hydrogen) atoms. The predicted octanol–water partition coefficient (Wildman–Crippen LogP) is 7.27. The molecule has 0 aliphatic rings. The largest absolute Gasteiger partial charge is 0.858 e. The molecule has 0 aliphatic heterocycles. The minimum atomic E-state index is -5.93. The molecule has 4 nitrogen and oxygen atoms in total. The van der Waals surface area contributed by atoms with E-state index in [2.05, 4.69) is 5.10 Å². The summed E-state index contributed by atoms with van der Waals surface area (Å²) >= 11 is 0. The highest BCUT2D eigenvalue weighted by Crippen LogP contribution is 2.43. The molecular formula is C21H6F15N2O2-. The Morgan fingerprint density at radius 1 is 0.625 bits per heavy atom. The topological polar surface area (TPSA) is 58.0 Å². The standard InChI is InChI=1S/C21H7F15N2O2/c22-17(23,24)7-1-3-9(10(5-7)19(28,29)30)14(39)13-15(21(34,35)36)37-38(16(13)40)12-4-2-8(18(25,26)27)6-11(12)20(31,32)33/h1-6,40H/p-1. The van der Waals surface area contributed by atoms with Crippen LogP contribution in [0.2, 0.25) is 0 Å². The van der Waals surface area contributed by atoms with Gasteiger partial charge < -0.3 is 5.11 Å². The van der Waals surface area contributed by atoms with Crippen molar-refractivity contribution in [3.8, 4) is 11.6 Å². The van der Waals surface area contributed by atoms with Crippen molar-refractivity contribution in [2.75, 3.05) is 0 Å². The lowest BCUT2D eigenvalue weighted by Crippen LogP contribution is -2.19. The van der Waals surface area contributed by atoms with E-state index in [-0.39, 0.29) is 24.3 Å². The number of carbonyl (C=O) groups is 1. The van der Waals surface area contributed by atoms with Gasteiger partial charge >= 0.3 is 30.9 Å². The van der Waals surface area contributed by atoms with E-state index in [0.29, 0.717) is 0 Å². The van der Waals surface area contributed by atoms with E-state index >= 15 is 0 Å². The van der Waals surface area contributed by atoms with Crippen LogP contribution < -0.4 is 5.11 Å². The van der Waals surface area contributed by atoms with Crippen LogP contribution in [0.25, 0.3) is 5.69 Å². The molecular weight excluding hydrogens is 597 g/mol. The molecule has 1 aromatic heterocycles. The Hall–Kier alpha value is -3.93. The molecule has 0 fully saturated rings. The van der Waals surface area contributed by atoms with Gasteiger partial charge in [0, 0.05) is 11.4 Å². The number of halogens is 15. The van der Waals surface area contributed by atoms with Gasteiger partial charge in [-0.3, -0.25) is 4.79 Å². The van der Waals surface area contributed by atoms with E-state index in [9.17, 15) is 75.8 Å². The van der Waals surface area contributed by atoms with Crippen molar-refractivity contribution in [1.29, 1.82) is 0 Å². The Labute approximate surface area is 210 Å². The molecule has 0 bridgehead atoms. The second-order valence-corrected chi connectivity index (χ2v) is 7.75. The summed E-state index contributed by atoms with van der Waals surface area (Å²) in [6, 6.07) is -1.78. The molecule has 0 saturated heterocycles. The number of nitrogens with zero attached hydrogens (tertiary/aromatic N) is 2. The molecule has 0 unspecified atom stereocenters. The summed E-state index contributed by atoms with van der Waals surface area (Å²) in [5, 5.41) is 15.3. The molecule has 1 heterocycles. The third-order valence-electron chi connectivity index (χ3n) is 5.09. The van der Waals surface area contributed by atoms with Crippen molar-refractivity contribution < 1.29 is 75.8 Å². The van der Waals surface area contributed by atoms with Gasteiger partial charge in [-0.2, -0.15) is 71.0 Å². The first-order valence-electron chi connectivity index (χ1n) is 9.84. The number of rotatable bonds is 3. The maximum Gasteiger partial charge on any atom is 0.435 e. The summed E-state index contributed by atoms with van der Waals surface area (Å²) in [6.45, 7) is 0. The van der Waals surface area contributed by atoms with E-state index in [4.69, 9.17) is 0 Å². The SMILES string of the molecule is O=C(c1ccc(C(F)(F)F)cc1C(F)(F)F)c1c(C(F)(F)F)nn(-c2ccc(C(F)(F)F)cc2C(F)(F)F)c1[O-]. The van der Waals surface area contributed by atoms with E-state index in [1.165, 1.54) is 0 Å². The van der Waals surface area contributed by atoms with Crippen LogP contribution in [0.5, 0.6) is 5.88 Å². The Balaban J connectivity index is 2.36. The maximum absolute atomic E-state index is 13.6. The fourth-order valence-corrected chi connectivity index (χ4v) is 3.38. The number of hydrogen-bond donors (Lipinski definition) is 0. The second-order valence-electron chi connectivity index (χ2n) is 7.75. The van der Waals surface area contributed by atoms with Gasteiger partial charge in [-0.05, 0) is 36.4 Å². The van der Waals surface area contributed by atoms with Crippen molar-refractivity contribution in [3.63, 3.8) is 0 Å².